The van der Waals surface area contributed by atoms with Crippen molar-refractivity contribution >= 4 is 11.8 Å². The summed E-state index contributed by atoms with van der Waals surface area (Å²) in [7, 11) is 0. The van der Waals surface area contributed by atoms with Crippen LogP contribution in [0.5, 0.6) is 5.75 Å². The molecule has 1 aliphatic rings. The maximum Gasteiger partial charge on any atom is 0.261 e. The first-order valence-electron chi connectivity index (χ1n) is 10.9. The molecule has 2 aromatic rings. The fourth-order valence-corrected chi connectivity index (χ4v) is 3.93. The van der Waals surface area contributed by atoms with Crippen LogP contribution in [-0.2, 0) is 16.1 Å². The molecule has 1 atom stereocenters. The quantitative estimate of drug-likeness (QED) is 0.675. The fourth-order valence-electron chi connectivity index (χ4n) is 3.93. The van der Waals surface area contributed by atoms with E-state index in [4.69, 9.17) is 4.74 Å². The summed E-state index contributed by atoms with van der Waals surface area (Å²) >= 11 is 0. The highest BCUT2D eigenvalue weighted by molar-refractivity contribution is 5.88. The third-order valence-electron chi connectivity index (χ3n) is 5.67. The topological polar surface area (TPSA) is 58.6 Å². The number of carbonyl (C=O) groups is 2. The molecule has 0 radical (unpaired) electrons. The van der Waals surface area contributed by atoms with E-state index in [2.05, 4.69) is 5.32 Å². The number of amides is 2. The molecule has 0 aromatic heterocycles. The van der Waals surface area contributed by atoms with E-state index >= 15 is 0 Å². The summed E-state index contributed by atoms with van der Waals surface area (Å²) in [5, 5.41) is 3.16. The van der Waals surface area contributed by atoms with Crippen molar-refractivity contribution in [2.75, 3.05) is 6.61 Å². The van der Waals surface area contributed by atoms with Crippen LogP contribution in [0.1, 0.15) is 50.2 Å². The predicted octanol–water partition coefficient (Wildman–Crippen LogP) is 4.24. The van der Waals surface area contributed by atoms with Crippen molar-refractivity contribution in [3.8, 4) is 5.75 Å². The van der Waals surface area contributed by atoms with Crippen LogP contribution in [0.15, 0.2) is 54.6 Å². The molecule has 0 aliphatic heterocycles. The van der Waals surface area contributed by atoms with Crippen LogP contribution < -0.4 is 10.1 Å². The number of aryl methyl sites for hydroxylation is 1. The van der Waals surface area contributed by atoms with Gasteiger partial charge in [0.05, 0.1) is 0 Å². The van der Waals surface area contributed by atoms with Crippen LogP contribution >= 0.6 is 0 Å². The van der Waals surface area contributed by atoms with Crippen LogP contribution in [0.4, 0.5) is 0 Å². The number of benzene rings is 2. The summed E-state index contributed by atoms with van der Waals surface area (Å²) < 4.78 is 5.73. The number of hydrogen-bond donors (Lipinski definition) is 1. The summed E-state index contributed by atoms with van der Waals surface area (Å²) in [6, 6.07) is 17.1. The minimum Gasteiger partial charge on any atom is -0.484 e. The largest absolute Gasteiger partial charge is 0.484 e. The molecule has 0 spiro atoms. The molecule has 0 saturated heterocycles. The van der Waals surface area contributed by atoms with Gasteiger partial charge >= 0.3 is 0 Å². The SMILES string of the molecule is CCC(C(=O)NC1CCCC1)N(Cc1ccccc1)C(=O)COc1ccc(C)cc1. The minimum atomic E-state index is -0.514. The number of nitrogens with one attached hydrogen (secondary N) is 1. The van der Waals surface area contributed by atoms with Gasteiger partial charge in [0.2, 0.25) is 5.91 Å². The number of hydrogen-bond acceptors (Lipinski definition) is 3. The number of ether oxygens (including phenoxy) is 1. The van der Waals surface area contributed by atoms with Crippen molar-refractivity contribution in [2.24, 2.45) is 0 Å². The van der Waals surface area contributed by atoms with E-state index in [0.29, 0.717) is 18.7 Å². The Hall–Kier alpha value is -2.82. The lowest BCUT2D eigenvalue weighted by atomic mass is 10.1. The average Bonchev–Trinajstić information content (AvgIpc) is 3.26. The van der Waals surface area contributed by atoms with Crippen LogP contribution in [-0.4, -0.2) is 35.4 Å². The maximum atomic E-state index is 13.2. The molecule has 0 bridgehead atoms. The van der Waals surface area contributed by atoms with Gasteiger partial charge in [-0.05, 0) is 43.9 Å². The summed E-state index contributed by atoms with van der Waals surface area (Å²) in [4.78, 5) is 27.8. The molecule has 0 heterocycles. The summed E-state index contributed by atoms with van der Waals surface area (Å²) in [5.74, 6) is 0.397. The molecule has 2 amide bonds. The van der Waals surface area contributed by atoms with Gasteiger partial charge in [-0.15, -0.1) is 0 Å². The molecular formula is C25H32N2O3. The normalized spacial score (nSPS) is 14.9. The first-order valence-corrected chi connectivity index (χ1v) is 10.9. The van der Waals surface area contributed by atoms with E-state index in [1.807, 2.05) is 68.4 Å². The molecule has 160 valence electrons. The van der Waals surface area contributed by atoms with Crippen molar-refractivity contribution in [2.45, 2.75) is 64.6 Å². The Balaban J connectivity index is 1.72. The second kappa shape index (κ2) is 10.8. The van der Waals surface area contributed by atoms with Crippen molar-refractivity contribution in [1.29, 1.82) is 0 Å². The van der Waals surface area contributed by atoms with E-state index in [9.17, 15) is 9.59 Å². The van der Waals surface area contributed by atoms with E-state index in [0.717, 1.165) is 36.8 Å². The highest BCUT2D eigenvalue weighted by Crippen LogP contribution is 2.19. The summed E-state index contributed by atoms with van der Waals surface area (Å²) in [6.45, 7) is 4.24. The Bertz CT molecular complexity index is 814. The van der Waals surface area contributed by atoms with Gasteiger partial charge in [0.1, 0.15) is 11.8 Å². The van der Waals surface area contributed by atoms with Crippen LogP contribution in [0, 0.1) is 6.92 Å². The highest BCUT2D eigenvalue weighted by atomic mass is 16.5. The first-order chi connectivity index (χ1) is 14.6. The Kier molecular flexibility index (Phi) is 7.89. The Morgan fingerprint density at radius 1 is 1.07 bits per heavy atom. The second-order valence-corrected chi connectivity index (χ2v) is 8.02. The van der Waals surface area contributed by atoms with Crippen LogP contribution in [0.3, 0.4) is 0 Å². The lowest BCUT2D eigenvalue weighted by Crippen LogP contribution is -2.52. The van der Waals surface area contributed by atoms with Gasteiger partial charge in [-0.3, -0.25) is 9.59 Å². The Morgan fingerprint density at radius 3 is 2.37 bits per heavy atom. The van der Waals surface area contributed by atoms with E-state index in [1.54, 1.807) is 4.90 Å². The van der Waals surface area contributed by atoms with Crippen molar-refractivity contribution in [1.82, 2.24) is 10.2 Å². The van der Waals surface area contributed by atoms with Gasteiger partial charge in [0.15, 0.2) is 6.61 Å². The van der Waals surface area contributed by atoms with Crippen LogP contribution in [0.25, 0.3) is 0 Å². The second-order valence-electron chi connectivity index (χ2n) is 8.02. The number of nitrogens with zero attached hydrogens (tertiary/aromatic N) is 1. The lowest BCUT2D eigenvalue weighted by Gasteiger charge is -2.31. The molecule has 5 heteroatoms. The van der Waals surface area contributed by atoms with Gasteiger partial charge in [0.25, 0.3) is 5.91 Å². The lowest BCUT2D eigenvalue weighted by molar-refractivity contribution is -0.143. The van der Waals surface area contributed by atoms with Gasteiger partial charge in [0, 0.05) is 12.6 Å². The third kappa shape index (κ3) is 6.09. The standard InChI is InChI=1S/C25H32N2O3/c1-3-23(25(29)26-21-11-7-8-12-21)27(17-20-9-5-4-6-10-20)24(28)18-30-22-15-13-19(2)14-16-22/h4-6,9-10,13-16,21,23H,3,7-8,11-12,17-18H2,1-2H3,(H,26,29). The predicted molar refractivity (Wildman–Crippen MR) is 118 cm³/mol. The molecule has 30 heavy (non-hydrogen) atoms. The fraction of sp³-hybridized carbons (Fsp3) is 0.440. The number of rotatable bonds is 9. The van der Waals surface area contributed by atoms with E-state index in [1.165, 1.54) is 0 Å². The molecule has 3 rings (SSSR count). The zero-order valence-corrected chi connectivity index (χ0v) is 18.0. The smallest absolute Gasteiger partial charge is 0.261 e. The van der Waals surface area contributed by atoms with Gasteiger partial charge < -0.3 is 15.0 Å². The van der Waals surface area contributed by atoms with Gasteiger partial charge in [-0.25, -0.2) is 0 Å². The van der Waals surface area contributed by atoms with Crippen molar-refractivity contribution in [3.63, 3.8) is 0 Å². The average molecular weight is 409 g/mol. The van der Waals surface area contributed by atoms with E-state index < -0.39 is 6.04 Å². The monoisotopic (exact) mass is 408 g/mol. The zero-order valence-electron chi connectivity index (χ0n) is 18.0. The van der Waals surface area contributed by atoms with Crippen LogP contribution in [0.2, 0.25) is 0 Å². The molecule has 2 aromatic carbocycles. The third-order valence-corrected chi connectivity index (χ3v) is 5.67. The Morgan fingerprint density at radius 2 is 1.73 bits per heavy atom. The molecule has 1 unspecified atom stereocenters. The maximum absolute atomic E-state index is 13.2. The molecular weight excluding hydrogens is 376 g/mol. The molecule has 1 fully saturated rings. The van der Waals surface area contributed by atoms with E-state index in [-0.39, 0.29) is 24.5 Å². The highest BCUT2D eigenvalue weighted by Gasteiger charge is 2.30. The molecule has 1 N–H and O–H groups in total. The minimum absolute atomic E-state index is 0.0657. The zero-order chi connectivity index (χ0) is 21.3. The van der Waals surface area contributed by atoms with Gasteiger partial charge in [-0.2, -0.15) is 0 Å². The Labute approximate surface area is 179 Å². The molecule has 5 nitrogen and oxygen atoms in total. The van der Waals surface area contributed by atoms with Crippen molar-refractivity contribution in [3.05, 3.63) is 65.7 Å². The van der Waals surface area contributed by atoms with Crippen molar-refractivity contribution < 1.29 is 14.3 Å². The summed E-state index contributed by atoms with van der Waals surface area (Å²) in [6.07, 6.45) is 4.90. The molecule has 1 saturated carbocycles. The van der Waals surface area contributed by atoms with Gasteiger partial charge in [-0.1, -0.05) is 67.8 Å². The first kappa shape index (κ1) is 21.9. The summed E-state index contributed by atoms with van der Waals surface area (Å²) in [5.41, 5.74) is 2.13. The molecule has 1 aliphatic carbocycles. The number of carbonyl (C=O) groups excluding carboxylic acids is 2.